The summed E-state index contributed by atoms with van der Waals surface area (Å²) < 4.78 is 11.2. The van der Waals surface area contributed by atoms with E-state index in [1.54, 1.807) is 18.3 Å². The van der Waals surface area contributed by atoms with Crippen LogP contribution in [0.1, 0.15) is 6.42 Å². The highest BCUT2D eigenvalue weighted by molar-refractivity contribution is 6.31. The molecule has 1 aromatic heterocycles. The summed E-state index contributed by atoms with van der Waals surface area (Å²) in [6.07, 6.45) is 2.45. The fourth-order valence-corrected chi connectivity index (χ4v) is 3.56. The largest absolute Gasteiger partial charge is 0.471 e. The predicted molar refractivity (Wildman–Crippen MR) is 109 cm³/mol. The van der Waals surface area contributed by atoms with Gasteiger partial charge < -0.3 is 14.4 Å². The second kappa shape index (κ2) is 8.31. The summed E-state index contributed by atoms with van der Waals surface area (Å²) in [7, 11) is 0. The first-order valence-electron chi connectivity index (χ1n) is 9.06. The maximum absolute atomic E-state index is 11.0. The first kappa shape index (κ1) is 18.3. The Labute approximate surface area is 168 Å². The number of carbonyl (C=O) groups excluding carboxylic acids is 1. The van der Waals surface area contributed by atoms with Crippen LogP contribution in [0.25, 0.3) is 11.1 Å². The minimum Gasteiger partial charge on any atom is -0.471 e. The quantitative estimate of drug-likeness (QED) is 0.572. The molecule has 0 N–H and O–H groups in total. The van der Waals surface area contributed by atoms with Gasteiger partial charge in [0.1, 0.15) is 11.1 Å². The Morgan fingerprint density at radius 3 is 2.71 bits per heavy atom. The smallest absolute Gasteiger partial charge is 0.298 e. The Hall–Kier alpha value is -3.05. The van der Waals surface area contributed by atoms with E-state index in [0.29, 0.717) is 29.7 Å². The van der Waals surface area contributed by atoms with E-state index in [2.05, 4.69) is 9.88 Å². The number of pyridine rings is 1. The van der Waals surface area contributed by atoms with Crippen molar-refractivity contribution < 1.29 is 14.3 Å². The van der Waals surface area contributed by atoms with Gasteiger partial charge in [0.05, 0.1) is 12.2 Å². The fourth-order valence-electron chi connectivity index (χ4n) is 3.39. The van der Waals surface area contributed by atoms with Crippen LogP contribution < -0.4 is 14.4 Å². The molecule has 2 heterocycles. The number of aromatic nitrogens is 1. The second-order valence-corrected chi connectivity index (χ2v) is 6.93. The number of anilines is 1. The fraction of sp³-hybridized carbons (Fsp3) is 0.182. The maximum Gasteiger partial charge on any atom is 0.298 e. The van der Waals surface area contributed by atoms with Gasteiger partial charge in [-0.3, -0.25) is 4.79 Å². The molecule has 0 saturated carbocycles. The number of halogens is 1. The number of carbonyl (C=O) groups is 1. The van der Waals surface area contributed by atoms with Crippen LogP contribution in [-0.4, -0.2) is 30.6 Å². The predicted octanol–water partition coefficient (Wildman–Crippen LogP) is 4.59. The zero-order chi connectivity index (χ0) is 19.3. The van der Waals surface area contributed by atoms with Crippen molar-refractivity contribution >= 4 is 23.8 Å². The van der Waals surface area contributed by atoms with E-state index in [9.17, 15) is 4.79 Å². The topological polar surface area (TPSA) is 51.7 Å². The van der Waals surface area contributed by atoms with Crippen LogP contribution in [0.2, 0.25) is 5.02 Å². The lowest BCUT2D eigenvalue weighted by Crippen LogP contribution is -2.25. The molecule has 0 spiro atoms. The van der Waals surface area contributed by atoms with Crippen molar-refractivity contribution in [2.75, 3.05) is 18.0 Å². The molecule has 1 atom stereocenters. The standard InChI is InChI=1S/C22H19ClN2O3/c23-19-7-4-11-24-22(19)28-18-10-12-25(14-18)20-9-8-17(13-21(20)27-15-26)16-5-2-1-3-6-16/h1-9,11,13,15,18H,10,12,14H2/t18-/m0/s1. The number of rotatable bonds is 6. The van der Waals surface area contributed by atoms with Crippen molar-refractivity contribution in [3.05, 3.63) is 71.9 Å². The average molecular weight is 395 g/mol. The summed E-state index contributed by atoms with van der Waals surface area (Å²) in [5.41, 5.74) is 2.93. The van der Waals surface area contributed by atoms with Crippen molar-refractivity contribution in [2.24, 2.45) is 0 Å². The van der Waals surface area contributed by atoms with Crippen LogP contribution >= 0.6 is 11.6 Å². The molecule has 1 saturated heterocycles. The molecular formula is C22H19ClN2O3. The Balaban J connectivity index is 1.54. The summed E-state index contributed by atoms with van der Waals surface area (Å²) in [5, 5.41) is 0.498. The van der Waals surface area contributed by atoms with E-state index in [0.717, 1.165) is 29.8 Å². The van der Waals surface area contributed by atoms with Crippen LogP contribution in [0.4, 0.5) is 5.69 Å². The van der Waals surface area contributed by atoms with Crippen molar-refractivity contribution in [2.45, 2.75) is 12.5 Å². The number of benzene rings is 2. The van der Waals surface area contributed by atoms with Crippen LogP contribution in [0.3, 0.4) is 0 Å². The summed E-state index contributed by atoms with van der Waals surface area (Å²) in [4.78, 5) is 17.4. The Kier molecular flexibility index (Phi) is 5.44. The van der Waals surface area contributed by atoms with Crippen LogP contribution in [-0.2, 0) is 4.79 Å². The molecule has 1 aliphatic rings. The average Bonchev–Trinajstić information content (AvgIpc) is 3.19. The van der Waals surface area contributed by atoms with Crippen molar-refractivity contribution in [3.63, 3.8) is 0 Å². The van der Waals surface area contributed by atoms with Gasteiger partial charge in [-0.05, 0) is 35.4 Å². The second-order valence-electron chi connectivity index (χ2n) is 6.53. The number of nitrogens with zero attached hydrogens (tertiary/aromatic N) is 2. The van der Waals surface area contributed by atoms with Gasteiger partial charge >= 0.3 is 0 Å². The van der Waals surface area contributed by atoms with Gasteiger partial charge in [0.15, 0.2) is 5.75 Å². The van der Waals surface area contributed by atoms with E-state index in [-0.39, 0.29) is 6.10 Å². The lowest BCUT2D eigenvalue weighted by Gasteiger charge is -2.21. The van der Waals surface area contributed by atoms with Crippen molar-refractivity contribution in [3.8, 4) is 22.8 Å². The highest BCUT2D eigenvalue weighted by Gasteiger charge is 2.27. The zero-order valence-corrected chi connectivity index (χ0v) is 15.9. The molecule has 1 fully saturated rings. The molecule has 6 heteroatoms. The van der Waals surface area contributed by atoms with Gasteiger partial charge in [-0.15, -0.1) is 0 Å². The first-order chi connectivity index (χ1) is 13.7. The molecule has 3 aromatic rings. The molecule has 0 unspecified atom stereocenters. The minimum absolute atomic E-state index is 0.0368. The van der Waals surface area contributed by atoms with Crippen LogP contribution in [0.15, 0.2) is 66.9 Å². The number of hydrogen-bond acceptors (Lipinski definition) is 5. The maximum atomic E-state index is 11.0. The Bertz CT molecular complexity index is 965. The van der Waals surface area contributed by atoms with E-state index in [4.69, 9.17) is 21.1 Å². The zero-order valence-electron chi connectivity index (χ0n) is 15.1. The third-order valence-corrected chi connectivity index (χ3v) is 5.02. The lowest BCUT2D eigenvalue weighted by atomic mass is 10.0. The third-order valence-electron chi connectivity index (χ3n) is 4.73. The molecule has 0 amide bonds. The highest BCUT2D eigenvalue weighted by Crippen LogP contribution is 2.35. The SMILES string of the molecule is O=COc1cc(-c2ccccc2)ccc1N1CC[C@H](Oc2ncccc2Cl)C1. The van der Waals surface area contributed by atoms with E-state index in [1.165, 1.54) is 0 Å². The monoisotopic (exact) mass is 394 g/mol. The molecule has 142 valence electrons. The molecule has 0 bridgehead atoms. The lowest BCUT2D eigenvalue weighted by molar-refractivity contribution is -0.120. The number of hydrogen-bond donors (Lipinski definition) is 0. The molecule has 4 rings (SSSR count). The van der Waals surface area contributed by atoms with Crippen LogP contribution in [0, 0.1) is 0 Å². The van der Waals surface area contributed by atoms with E-state index >= 15 is 0 Å². The molecule has 0 aliphatic carbocycles. The third kappa shape index (κ3) is 3.94. The first-order valence-corrected chi connectivity index (χ1v) is 9.44. The van der Waals surface area contributed by atoms with E-state index < -0.39 is 0 Å². The Morgan fingerprint density at radius 2 is 1.93 bits per heavy atom. The van der Waals surface area contributed by atoms with Crippen molar-refractivity contribution in [1.82, 2.24) is 4.98 Å². The van der Waals surface area contributed by atoms with E-state index in [1.807, 2.05) is 48.5 Å². The summed E-state index contributed by atoms with van der Waals surface area (Å²) in [6.45, 7) is 1.91. The minimum atomic E-state index is -0.0368. The molecule has 0 radical (unpaired) electrons. The summed E-state index contributed by atoms with van der Waals surface area (Å²) in [6, 6.07) is 19.4. The Morgan fingerprint density at radius 1 is 1.07 bits per heavy atom. The van der Waals surface area contributed by atoms with Crippen LogP contribution in [0.5, 0.6) is 11.6 Å². The van der Waals surface area contributed by atoms with Gasteiger partial charge in [-0.2, -0.15) is 0 Å². The molecule has 1 aliphatic heterocycles. The molecular weight excluding hydrogens is 376 g/mol. The highest BCUT2D eigenvalue weighted by atomic mass is 35.5. The number of ether oxygens (including phenoxy) is 2. The van der Waals surface area contributed by atoms with Crippen molar-refractivity contribution in [1.29, 1.82) is 0 Å². The van der Waals surface area contributed by atoms with Gasteiger partial charge in [0.25, 0.3) is 6.47 Å². The van der Waals surface area contributed by atoms with Gasteiger partial charge in [0.2, 0.25) is 5.88 Å². The van der Waals surface area contributed by atoms with Gasteiger partial charge in [-0.1, -0.05) is 48.0 Å². The molecule has 5 nitrogen and oxygen atoms in total. The summed E-state index contributed by atoms with van der Waals surface area (Å²) >= 11 is 6.14. The summed E-state index contributed by atoms with van der Waals surface area (Å²) in [5.74, 6) is 0.979. The molecule has 2 aromatic carbocycles. The van der Waals surface area contributed by atoms with Gasteiger partial charge in [0, 0.05) is 19.2 Å². The molecule has 28 heavy (non-hydrogen) atoms. The normalized spacial score (nSPS) is 16.0. The van der Waals surface area contributed by atoms with Gasteiger partial charge in [-0.25, -0.2) is 4.98 Å².